The van der Waals surface area contributed by atoms with Gasteiger partial charge in [0.25, 0.3) is 5.91 Å². The zero-order chi connectivity index (χ0) is 17.0. The molecular formula is C20H33NOPY+. The largest absolute Gasteiger partial charge is 0.322 e. The predicted molar refractivity (Wildman–Crippen MR) is 104 cm³/mol. The number of nitrogens with one attached hydrogen (secondary N) is 1. The van der Waals surface area contributed by atoms with Crippen molar-refractivity contribution in [3.05, 3.63) is 28.8 Å². The molecule has 131 valence electrons. The molecule has 24 heavy (non-hydrogen) atoms. The maximum absolute atomic E-state index is 13.1. The normalized spacial score (nSPS) is 17.7. The number of benzene rings is 1. The maximum Gasteiger partial charge on any atom is 0.265 e. The molecule has 1 unspecified atom stereocenters. The van der Waals surface area contributed by atoms with Crippen molar-refractivity contribution >= 4 is 18.9 Å². The zero-order valence-electron chi connectivity index (χ0n) is 16.1. The molecule has 0 aromatic heterocycles. The van der Waals surface area contributed by atoms with Crippen LogP contribution in [0.3, 0.4) is 0 Å². The van der Waals surface area contributed by atoms with Gasteiger partial charge < -0.3 is 5.32 Å². The van der Waals surface area contributed by atoms with E-state index in [9.17, 15) is 4.79 Å². The molecular weight excluding hydrogens is 390 g/mol. The van der Waals surface area contributed by atoms with Gasteiger partial charge in [0.05, 0.1) is 18.5 Å². The van der Waals surface area contributed by atoms with Gasteiger partial charge in [0.1, 0.15) is 5.66 Å². The van der Waals surface area contributed by atoms with Crippen molar-refractivity contribution in [2.24, 2.45) is 0 Å². The fourth-order valence-electron chi connectivity index (χ4n) is 4.40. The minimum Gasteiger partial charge on any atom is -0.322 e. The summed E-state index contributed by atoms with van der Waals surface area (Å²) >= 11 is 0. The Morgan fingerprint density at radius 3 is 2.08 bits per heavy atom. The molecule has 1 amide bonds. The topological polar surface area (TPSA) is 29.1 Å². The number of aryl methyl sites for hydroxylation is 3. The van der Waals surface area contributed by atoms with Crippen molar-refractivity contribution < 1.29 is 37.5 Å². The minimum absolute atomic E-state index is 0. The fourth-order valence-corrected chi connectivity index (χ4v) is 9.36. The molecule has 1 aliphatic rings. The average molecular weight is 423 g/mol. The van der Waals surface area contributed by atoms with Crippen LogP contribution in [0.2, 0.25) is 0 Å². The smallest absolute Gasteiger partial charge is 0.265 e. The molecule has 0 bridgehead atoms. The summed E-state index contributed by atoms with van der Waals surface area (Å²) in [6.45, 7) is 10.8. The summed E-state index contributed by atoms with van der Waals surface area (Å²) in [5, 5.41) is 3.30. The van der Waals surface area contributed by atoms with Crippen LogP contribution in [0.4, 0.5) is 5.69 Å². The van der Waals surface area contributed by atoms with E-state index in [1.165, 1.54) is 54.4 Å². The van der Waals surface area contributed by atoms with Crippen LogP contribution in [-0.2, 0) is 37.5 Å². The van der Waals surface area contributed by atoms with Gasteiger partial charge in [-0.3, -0.25) is 4.79 Å². The SMILES string of the molecule is CCC(C(=O)Nc1c(C)cc(C)cc1C)[P+]1(CC)CCCCC1.[Y]. The molecule has 1 aliphatic heterocycles. The summed E-state index contributed by atoms with van der Waals surface area (Å²) < 4.78 is 0. The van der Waals surface area contributed by atoms with Gasteiger partial charge in [-0.2, -0.15) is 0 Å². The summed E-state index contributed by atoms with van der Waals surface area (Å²) in [6.07, 6.45) is 8.86. The monoisotopic (exact) mass is 423 g/mol. The van der Waals surface area contributed by atoms with Crippen LogP contribution in [0.5, 0.6) is 0 Å². The molecule has 0 saturated carbocycles. The number of carbonyl (C=O) groups is 1. The molecule has 2 nitrogen and oxygen atoms in total. The Labute approximate surface area is 174 Å². The number of hydrogen-bond acceptors (Lipinski definition) is 1. The van der Waals surface area contributed by atoms with Gasteiger partial charge in [0.2, 0.25) is 0 Å². The van der Waals surface area contributed by atoms with Crippen LogP contribution in [0.15, 0.2) is 12.1 Å². The van der Waals surface area contributed by atoms with Crippen LogP contribution in [0.25, 0.3) is 0 Å². The van der Waals surface area contributed by atoms with Gasteiger partial charge in [-0.15, -0.1) is 0 Å². The Morgan fingerprint density at radius 2 is 1.62 bits per heavy atom. The second-order valence-electron chi connectivity index (χ2n) is 7.23. The molecule has 0 aliphatic carbocycles. The summed E-state index contributed by atoms with van der Waals surface area (Å²) in [7, 11) is -1.13. The molecule has 0 spiro atoms. The van der Waals surface area contributed by atoms with Gasteiger partial charge in [-0.05, 0) is 64.5 Å². The maximum atomic E-state index is 13.1. The van der Waals surface area contributed by atoms with Crippen LogP contribution < -0.4 is 5.32 Å². The third-order valence-corrected chi connectivity index (χ3v) is 11.2. The number of hydrogen-bond donors (Lipinski definition) is 1. The van der Waals surface area contributed by atoms with Crippen molar-refractivity contribution in [3.63, 3.8) is 0 Å². The van der Waals surface area contributed by atoms with E-state index in [4.69, 9.17) is 0 Å². The first kappa shape index (κ1) is 22.3. The first-order valence-corrected chi connectivity index (χ1v) is 11.6. The van der Waals surface area contributed by atoms with Crippen LogP contribution in [0.1, 0.15) is 56.2 Å². The molecule has 4 heteroatoms. The Bertz CT molecular complexity index is 544. The molecule has 2 rings (SSSR count). The van der Waals surface area contributed by atoms with Crippen LogP contribution in [0, 0.1) is 20.8 Å². The molecule has 1 saturated heterocycles. The van der Waals surface area contributed by atoms with Crippen molar-refractivity contribution in [1.82, 2.24) is 0 Å². The molecule has 1 atom stereocenters. The van der Waals surface area contributed by atoms with E-state index in [1.54, 1.807) is 0 Å². The number of amides is 1. The third-order valence-electron chi connectivity index (χ3n) is 5.61. The predicted octanol–water partition coefficient (Wildman–Crippen LogP) is 5.55. The van der Waals surface area contributed by atoms with Crippen molar-refractivity contribution in [2.75, 3.05) is 23.8 Å². The van der Waals surface area contributed by atoms with E-state index in [0.717, 1.165) is 12.1 Å². The Hall–Kier alpha value is 0.224. The average Bonchev–Trinajstić information content (AvgIpc) is 2.52. The Balaban J connectivity index is 0.00000288. The molecule has 1 aromatic rings. The minimum atomic E-state index is -1.13. The second kappa shape index (κ2) is 9.79. The summed E-state index contributed by atoms with van der Waals surface area (Å²) in [5.41, 5.74) is 4.89. The van der Waals surface area contributed by atoms with Gasteiger partial charge in [-0.25, -0.2) is 0 Å². The van der Waals surface area contributed by atoms with E-state index in [0.29, 0.717) is 0 Å². The zero-order valence-corrected chi connectivity index (χ0v) is 19.8. The first-order chi connectivity index (χ1) is 10.9. The van der Waals surface area contributed by atoms with Crippen molar-refractivity contribution in [2.45, 2.75) is 66.0 Å². The number of carbonyl (C=O) groups excluding carboxylic acids is 1. The molecule has 1 N–H and O–H groups in total. The van der Waals surface area contributed by atoms with E-state index >= 15 is 0 Å². The summed E-state index contributed by atoms with van der Waals surface area (Å²) in [5.74, 6) is 0.277. The summed E-state index contributed by atoms with van der Waals surface area (Å²) in [6, 6.07) is 4.32. The van der Waals surface area contributed by atoms with Crippen molar-refractivity contribution in [3.8, 4) is 0 Å². The summed E-state index contributed by atoms with van der Waals surface area (Å²) in [4.78, 5) is 13.1. The van der Waals surface area contributed by atoms with Gasteiger partial charge in [0.15, 0.2) is 0 Å². The standard InChI is InChI=1S/C20H32NOP.Y/c1-6-18(23(7-2)11-9-8-10-12-23)20(22)21-19-16(4)13-15(3)14-17(19)5;/h13-14,18H,6-12H2,1-5H3;/p+1. The molecule has 1 heterocycles. The van der Waals surface area contributed by atoms with Crippen LogP contribution >= 0.6 is 7.26 Å². The number of anilines is 1. The molecule has 1 fully saturated rings. The molecule has 1 radical (unpaired) electrons. The Morgan fingerprint density at radius 1 is 1.08 bits per heavy atom. The Kier molecular flexibility index (Phi) is 9.09. The van der Waals surface area contributed by atoms with Gasteiger partial charge in [-0.1, -0.05) is 24.6 Å². The fraction of sp³-hybridized carbons (Fsp3) is 0.650. The second-order valence-corrected chi connectivity index (χ2v) is 11.8. The van der Waals surface area contributed by atoms with E-state index in [1.807, 2.05) is 0 Å². The van der Waals surface area contributed by atoms with E-state index in [2.05, 4.69) is 52.1 Å². The van der Waals surface area contributed by atoms with Gasteiger partial charge in [0, 0.05) is 45.7 Å². The number of rotatable bonds is 5. The van der Waals surface area contributed by atoms with Crippen molar-refractivity contribution in [1.29, 1.82) is 0 Å². The molecule has 1 aromatic carbocycles. The first-order valence-electron chi connectivity index (χ1n) is 9.18. The van der Waals surface area contributed by atoms with Gasteiger partial charge >= 0.3 is 0 Å². The quantitative estimate of drug-likeness (QED) is 0.619. The van der Waals surface area contributed by atoms with E-state index in [-0.39, 0.29) is 44.3 Å². The van der Waals surface area contributed by atoms with E-state index < -0.39 is 7.26 Å². The van der Waals surface area contributed by atoms with Crippen LogP contribution in [-0.4, -0.2) is 30.1 Å². The third kappa shape index (κ3) is 4.89.